The van der Waals surface area contributed by atoms with Crippen LogP contribution in [0.2, 0.25) is 0 Å². The first kappa shape index (κ1) is 13.7. The standard InChI is InChI=1S/C16H13NO3/c1-11(18)16(20)17-14-10-6-5-9-13(14)15(19)12-7-3-2-4-8-12/h2-10H,1H3,(H,17,20). The number of nitrogens with one attached hydrogen (secondary N) is 1. The van der Waals surface area contributed by atoms with Crippen molar-refractivity contribution in [3.63, 3.8) is 0 Å². The number of benzene rings is 2. The maximum absolute atomic E-state index is 12.4. The summed E-state index contributed by atoms with van der Waals surface area (Å²) in [7, 11) is 0. The fourth-order valence-corrected chi connectivity index (χ4v) is 1.75. The number of para-hydroxylation sites is 1. The van der Waals surface area contributed by atoms with Crippen molar-refractivity contribution in [1.29, 1.82) is 0 Å². The van der Waals surface area contributed by atoms with Gasteiger partial charge in [-0.3, -0.25) is 14.4 Å². The quantitative estimate of drug-likeness (QED) is 0.683. The van der Waals surface area contributed by atoms with Crippen molar-refractivity contribution in [3.05, 3.63) is 65.7 Å². The van der Waals surface area contributed by atoms with Crippen molar-refractivity contribution >= 4 is 23.2 Å². The summed E-state index contributed by atoms with van der Waals surface area (Å²) in [5.41, 5.74) is 1.21. The van der Waals surface area contributed by atoms with Crippen LogP contribution in [0.4, 0.5) is 5.69 Å². The van der Waals surface area contributed by atoms with Crippen molar-refractivity contribution in [2.45, 2.75) is 6.92 Å². The van der Waals surface area contributed by atoms with E-state index in [1.54, 1.807) is 48.5 Å². The van der Waals surface area contributed by atoms with Gasteiger partial charge in [0.1, 0.15) is 0 Å². The van der Waals surface area contributed by atoms with Gasteiger partial charge in [0.25, 0.3) is 5.91 Å². The molecular weight excluding hydrogens is 254 g/mol. The van der Waals surface area contributed by atoms with Crippen LogP contribution in [0.5, 0.6) is 0 Å². The number of rotatable bonds is 4. The van der Waals surface area contributed by atoms with Crippen molar-refractivity contribution in [3.8, 4) is 0 Å². The van der Waals surface area contributed by atoms with Gasteiger partial charge >= 0.3 is 0 Å². The summed E-state index contributed by atoms with van der Waals surface area (Å²) in [5.74, 6) is -1.55. The van der Waals surface area contributed by atoms with Crippen molar-refractivity contribution in [1.82, 2.24) is 0 Å². The number of Topliss-reactive ketones (excluding diaryl/α,β-unsaturated/α-hetero) is 1. The van der Waals surface area contributed by atoms with Gasteiger partial charge in [0.15, 0.2) is 5.78 Å². The van der Waals surface area contributed by atoms with Crippen LogP contribution in [0, 0.1) is 0 Å². The third-order valence-electron chi connectivity index (χ3n) is 2.78. The minimum absolute atomic E-state index is 0.204. The Kier molecular flexibility index (Phi) is 4.05. The minimum atomic E-state index is -0.738. The fourth-order valence-electron chi connectivity index (χ4n) is 1.75. The molecule has 2 rings (SSSR count). The summed E-state index contributed by atoms with van der Waals surface area (Å²) in [5, 5.41) is 2.45. The van der Waals surface area contributed by atoms with Crippen LogP contribution in [0.3, 0.4) is 0 Å². The largest absolute Gasteiger partial charge is 0.319 e. The number of hydrogen-bond acceptors (Lipinski definition) is 3. The molecular formula is C16H13NO3. The van der Waals surface area contributed by atoms with Gasteiger partial charge in [-0.05, 0) is 12.1 Å². The van der Waals surface area contributed by atoms with Crippen molar-refractivity contribution in [2.24, 2.45) is 0 Å². The smallest absolute Gasteiger partial charge is 0.291 e. The van der Waals surface area contributed by atoms with Crippen LogP contribution < -0.4 is 5.32 Å². The average Bonchev–Trinajstić information content (AvgIpc) is 2.48. The zero-order chi connectivity index (χ0) is 14.5. The highest BCUT2D eigenvalue weighted by Crippen LogP contribution is 2.19. The molecule has 2 aromatic carbocycles. The molecule has 4 heteroatoms. The predicted molar refractivity (Wildman–Crippen MR) is 75.6 cm³/mol. The maximum atomic E-state index is 12.4. The third kappa shape index (κ3) is 2.98. The molecule has 2 aromatic rings. The number of ketones is 2. The summed E-state index contributed by atoms with van der Waals surface area (Å²) < 4.78 is 0. The second-order valence-electron chi connectivity index (χ2n) is 4.25. The van der Waals surface area contributed by atoms with E-state index in [9.17, 15) is 14.4 Å². The molecule has 0 spiro atoms. The lowest BCUT2D eigenvalue weighted by Gasteiger charge is -2.09. The normalized spacial score (nSPS) is 9.85. The Hall–Kier alpha value is -2.75. The molecule has 4 nitrogen and oxygen atoms in total. The highest BCUT2D eigenvalue weighted by Gasteiger charge is 2.16. The van der Waals surface area contributed by atoms with Gasteiger partial charge in [-0.15, -0.1) is 0 Å². The van der Waals surface area contributed by atoms with E-state index in [1.807, 2.05) is 6.07 Å². The van der Waals surface area contributed by atoms with E-state index in [1.165, 1.54) is 6.92 Å². The number of anilines is 1. The highest BCUT2D eigenvalue weighted by molar-refractivity contribution is 6.40. The van der Waals surface area contributed by atoms with Crippen LogP contribution in [0.25, 0.3) is 0 Å². The SMILES string of the molecule is CC(=O)C(=O)Nc1ccccc1C(=O)c1ccccc1. The van der Waals surface area contributed by atoms with Crippen LogP contribution in [0.1, 0.15) is 22.8 Å². The zero-order valence-electron chi connectivity index (χ0n) is 10.9. The van der Waals surface area contributed by atoms with Crippen LogP contribution in [0.15, 0.2) is 54.6 Å². The first-order valence-corrected chi connectivity index (χ1v) is 6.10. The van der Waals surface area contributed by atoms with Crippen LogP contribution in [-0.2, 0) is 9.59 Å². The van der Waals surface area contributed by atoms with E-state index in [2.05, 4.69) is 5.32 Å². The molecule has 0 heterocycles. The monoisotopic (exact) mass is 267 g/mol. The lowest BCUT2D eigenvalue weighted by molar-refractivity contribution is -0.133. The van der Waals surface area contributed by atoms with Gasteiger partial charge in [-0.25, -0.2) is 0 Å². The lowest BCUT2D eigenvalue weighted by atomic mass is 10.0. The molecule has 0 unspecified atom stereocenters. The van der Waals surface area contributed by atoms with E-state index in [0.29, 0.717) is 16.8 Å². The molecule has 0 bridgehead atoms. The predicted octanol–water partition coefficient (Wildman–Crippen LogP) is 2.45. The summed E-state index contributed by atoms with van der Waals surface area (Å²) in [6.07, 6.45) is 0. The minimum Gasteiger partial charge on any atom is -0.319 e. The molecule has 0 radical (unpaired) electrons. The Labute approximate surface area is 116 Å². The highest BCUT2D eigenvalue weighted by atomic mass is 16.2. The van der Waals surface area contributed by atoms with Crippen molar-refractivity contribution in [2.75, 3.05) is 5.32 Å². The molecule has 100 valence electrons. The second-order valence-corrected chi connectivity index (χ2v) is 4.25. The zero-order valence-corrected chi connectivity index (χ0v) is 10.9. The Morgan fingerprint density at radius 3 is 2.10 bits per heavy atom. The molecule has 0 aliphatic heterocycles. The molecule has 0 aliphatic rings. The van der Waals surface area contributed by atoms with Gasteiger partial charge in [-0.1, -0.05) is 42.5 Å². The van der Waals surface area contributed by atoms with Crippen LogP contribution >= 0.6 is 0 Å². The molecule has 0 fully saturated rings. The molecule has 0 aromatic heterocycles. The Morgan fingerprint density at radius 2 is 1.45 bits per heavy atom. The fraction of sp³-hybridized carbons (Fsp3) is 0.0625. The Morgan fingerprint density at radius 1 is 0.850 bits per heavy atom. The second kappa shape index (κ2) is 5.93. The molecule has 0 saturated heterocycles. The molecule has 20 heavy (non-hydrogen) atoms. The van der Waals surface area contributed by atoms with E-state index in [4.69, 9.17) is 0 Å². The Bertz CT molecular complexity index is 662. The van der Waals surface area contributed by atoms with Gasteiger partial charge < -0.3 is 5.32 Å². The van der Waals surface area contributed by atoms with Gasteiger partial charge in [-0.2, -0.15) is 0 Å². The number of hydrogen-bond donors (Lipinski definition) is 1. The number of carbonyl (C=O) groups excluding carboxylic acids is 3. The number of amides is 1. The topological polar surface area (TPSA) is 63.2 Å². The first-order valence-electron chi connectivity index (χ1n) is 6.10. The summed E-state index contributed by atoms with van der Waals surface area (Å²) in [6.45, 7) is 1.18. The molecule has 0 aliphatic carbocycles. The molecule has 1 amide bonds. The summed E-state index contributed by atoms with van der Waals surface area (Å²) in [6, 6.07) is 15.4. The number of carbonyl (C=O) groups is 3. The van der Waals surface area contributed by atoms with Crippen molar-refractivity contribution < 1.29 is 14.4 Å². The summed E-state index contributed by atoms with van der Waals surface area (Å²) in [4.78, 5) is 34.8. The van der Waals surface area contributed by atoms with E-state index < -0.39 is 11.7 Å². The Balaban J connectivity index is 2.35. The lowest BCUT2D eigenvalue weighted by Crippen LogP contribution is -2.21. The van der Waals surface area contributed by atoms with Gasteiger partial charge in [0, 0.05) is 18.1 Å². The first-order chi connectivity index (χ1) is 9.59. The molecule has 0 atom stereocenters. The van der Waals surface area contributed by atoms with Gasteiger partial charge in [0.05, 0.1) is 5.69 Å². The van der Waals surface area contributed by atoms with E-state index in [-0.39, 0.29) is 5.78 Å². The molecule has 1 N–H and O–H groups in total. The van der Waals surface area contributed by atoms with Gasteiger partial charge in [0.2, 0.25) is 5.78 Å². The molecule has 0 saturated carbocycles. The summed E-state index contributed by atoms with van der Waals surface area (Å²) >= 11 is 0. The third-order valence-corrected chi connectivity index (χ3v) is 2.78. The van der Waals surface area contributed by atoms with E-state index in [0.717, 1.165) is 0 Å². The van der Waals surface area contributed by atoms with E-state index >= 15 is 0 Å². The average molecular weight is 267 g/mol. The maximum Gasteiger partial charge on any atom is 0.291 e. The van der Waals surface area contributed by atoms with Crippen LogP contribution in [-0.4, -0.2) is 17.5 Å².